The fourth-order valence-corrected chi connectivity index (χ4v) is 2.44. The van der Waals surface area contributed by atoms with Crippen molar-refractivity contribution in [3.63, 3.8) is 0 Å². The Morgan fingerprint density at radius 3 is 2.50 bits per heavy atom. The summed E-state index contributed by atoms with van der Waals surface area (Å²) in [6, 6.07) is 6.70. The SMILES string of the molecule is CC(C)Nc1ccc(N2CCCC2)c(Cl)c1. The highest BCUT2D eigenvalue weighted by Gasteiger charge is 2.15. The van der Waals surface area contributed by atoms with E-state index in [4.69, 9.17) is 11.6 Å². The highest BCUT2D eigenvalue weighted by atomic mass is 35.5. The minimum atomic E-state index is 0.439. The first-order chi connectivity index (χ1) is 7.66. The summed E-state index contributed by atoms with van der Waals surface area (Å²) >= 11 is 6.31. The van der Waals surface area contributed by atoms with Crippen LogP contribution in [-0.4, -0.2) is 19.1 Å². The van der Waals surface area contributed by atoms with Crippen LogP contribution in [0.2, 0.25) is 5.02 Å². The maximum atomic E-state index is 6.31. The lowest BCUT2D eigenvalue weighted by atomic mass is 10.2. The third-order valence-corrected chi connectivity index (χ3v) is 3.15. The third kappa shape index (κ3) is 2.62. The number of halogens is 1. The van der Waals surface area contributed by atoms with Gasteiger partial charge in [0.05, 0.1) is 10.7 Å². The smallest absolute Gasteiger partial charge is 0.0660 e. The number of hydrogen-bond donors (Lipinski definition) is 1. The topological polar surface area (TPSA) is 15.3 Å². The van der Waals surface area contributed by atoms with E-state index in [1.165, 1.54) is 18.5 Å². The lowest BCUT2D eigenvalue weighted by Gasteiger charge is -2.20. The Bertz CT molecular complexity index is 357. The molecule has 1 heterocycles. The summed E-state index contributed by atoms with van der Waals surface area (Å²) in [4.78, 5) is 2.36. The number of benzene rings is 1. The lowest BCUT2D eigenvalue weighted by molar-refractivity contribution is 0.899. The second-order valence-corrected chi connectivity index (χ2v) is 5.07. The molecule has 1 fully saturated rings. The first kappa shape index (κ1) is 11.6. The average Bonchev–Trinajstić information content (AvgIpc) is 2.69. The summed E-state index contributed by atoms with van der Waals surface area (Å²) in [6.07, 6.45) is 2.56. The van der Waals surface area contributed by atoms with E-state index in [0.717, 1.165) is 23.8 Å². The lowest BCUT2D eigenvalue weighted by Crippen LogP contribution is -2.18. The van der Waals surface area contributed by atoms with Crippen LogP contribution in [0.3, 0.4) is 0 Å². The van der Waals surface area contributed by atoms with Gasteiger partial charge in [-0.05, 0) is 44.9 Å². The molecule has 1 aromatic carbocycles. The van der Waals surface area contributed by atoms with E-state index in [-0.39, 0.29) is 0 Å². The molecule has 0 aliphatic carbocycles. The predicted molar refractivity (Wildman–Crippen MR) is 71.7 cm³/mol. The Labute approximate surface area is 103 Å². The highest BCUT2D eigenvalue weighted by Crippen LogP contribution is 2.31. The Morgan fingerprint density at radius 2 is 1.94 bits per heavy atom. The van der Waals surface area contributed by atoms with Crippen molar-refractivity contribution < 1.29 is 0 Å². The van der Waals surface area contributed by atoms with Gasteiger partial charge in [0.2, 0.25) is 0 Å². The van der Waals surface area contributed by atoms with Crippen molar-refractivity contribution >= 4 is 23.0 Å². The van der Waals surface area contributed by atoms with Gasteiger partial charge < -0.3 is 10.2 Å². The molecule has 1 aromatic rings. The summed E-state index contributed by atoms with van der Waals surface area (Å²) in [5.41, 5.74) is 2.27. The van der Waals surface area contributed by atoms with Crippen LogP contribution in [0.5, 0.6) is 0 Å². The molecule has 0 atom stereocenters. The van der Waals surface area contributed by atoms with E-state index in [1.807, 2.05) is 6.07 Å². The van der Waals surface area contributed by atoms with Gasteiger partial charge in [-0.15, -0.1) is 0 Å². The van der Waals surface area contributed by atoms with Crippen LogP contribution in [0.25, 0.3) is 0 Å². The van der Waals surface area contributed by atoms with Crippen molar-refractivity contribution in [1.29, 1.82) is 0 Å². The summed E-state index contributed by atoms with van der Waals surface area (Å²) in [7, 11) is 0. The molecule has 1 saturated heterocycles. The average molecular weight is 239 g/mol. The molecule has 0 radical (unpaired) electrons. The number of nitrogens with zero attached hydrogens (tertiary/aromatic N) is 1. The van der Waals surface area contributed by atoms with Crippen LogP contribution < -0.4 is 10.2 Å². The van der Waals surface area contributed by atoms with Gasteiger partial charge in [-0.25, -0.2) is 0 Å². The number of hydrogen-bond acceptors (Lipinski definition) is 2. The summed E-state index contributed by atoms with van der Waals surface area (Å²) < 4.78 is 0. The molecule has 1 aliphatic heterocycles. The van der Waals surface area contributed by atoms with Gasteiger partial charge in [0.1, 0.15) is 0 Å². The molecule has 0 spiro atoms. The van der Waals surface area contributed by atoms with Crippen molar-refractivity contribution in [3.05, 3.63) is 23.2 Å². The van der Waals surface area contributed by atoms with Crippen molar-refractivity contribution in [2.75, 3.05) is 23.3 Å². The summed E-state index contributed by atoms with van der Waals surface area (Å²) in [5, 5.41) is 4.21. The predicted octanol–water partition coefficient (Wildman–Crippen LogP) is 3.76. The first-order valence-corrected chi connectivity index (χ1v) is 6.35. The zero-order valence-electron chi connectivity index (χ0n) is 9.96. The molecular formula is C13H19ClN2. The molecule has 0 saturated carbocycles. The molecular weight excluding hydrogens is 220 g/mol. The molecule has 2 rings (SSSR count). The molecule has 0 aromatic heterocycles. The minimum absolute atomic E-state index is 0.439. The highest BCUT2D eigenvalue weighted by molar-refractivity contribution is 6.33. The Morgan fingerprint density at radius 1 is 1.25 bits per heavy atom. The largest absolute Gasteiger partial charge is 0.383 e. The molecule has 3 heteroatoms. The van der Waals surface area contributed by atoms with Gasteiger partial charge in [-0.1, -0.05) is 11.6 Å². The van der Waals surface area contributed by atoms with Gasteiger partial charge in [0, 0.05) is 24.8 Å². The van der Waals surface area contributed by atoms with E-state index >= 15 is 0 Å². The fraction of sp³-hybridized carbons (Fsp3) is 0.538. The van der Waals surface area contributed by atoms with Crippen LogP contribution in [-0.2, 0) is 0 Å². The van der Waals surface area contributed by atoms with E-state index in [9.17, 15) is 0 Å². The van der Waals surface area contributed by atoms with E-state index in [1.54, 1.807) is 0 Å². The normalized spacial score (nSPS) is 15.9. The van der Waals surface area contributed by atoms with Crippen LogP contribution >= 0.6 is 11.6 Å². The van der Waals surface area contributed by atoms with E-state index in [0.29, 0.717) is 6.04 Å². The molecule has 0 amide bonds. The second-order valence-electron chi connectivity index (χ2n) is 4.66. The zero-order valence-corrected chi connectivity index (χ0v) is 10.7. The van der Waals surface area contributed by atoms with Gasteiger partial charge in [0.15, 0.2) is 0 Å². The fourth-order valence-electron chi connectivity index (χ4n) is 2.14. The number of nitrogens with one attached hydrogen (secondary N) is 1. The van der Waals surface area contributed by atoms with Crippen LogP contribution in [0.4, 0.5) is 11.4 Å². The van der Waals surface area contributed by atoms with Crippen LogP contribution in [0.15, 0.2) is 18.2 Å². The van der Waals surface area contributed by atoms with Gasteiger partial charge >= 0.3 is 0 Å². The van der Waals surface area contributed by atoms with Crippen molar-refractivity contribution in [2.24, 2.45) is 0 Å². The molecule has 16 heavy (non-hydrogen) atoms. The second kappa shape index (κ2) is 4.96. The maximum absolute atomic E-state index is 6.31. The minimum Gasteiger partial charge on any atom is -0.383 e. The molecule has 88 valence electrons. The number of rotatable bonds is 3. The Balaban J connectivity index is 2.15. The maximum Gasteiger partial charge on any atom is 0.0660 e. The molecule has 1 N–H and O–H groups in total. The van der Waals surface area contributed by atoms with Crippen molar-refractivity contribution in [2.45, 2.75) is 32.7 Å². The quantitative estimate of drug-likeness (QED) is 0.863. The van der Waals surface area contributed by atoms with Crippen molar-refractivity contribution in [3.8, 4) is 0 Å². The van der Waals surface area contributed by atoms with Gasteiger partial charge in [0.25, 0.3) is 0 Å². The van der Waals surface area contributed by atoms with Crippen LogP contribution in [0.1, 0.15) is 26.7 Å². The Hall–Kier alpha value is -0.890. The molecule has 2 nitrogen and oxygen atoms in total. The van der Waals surface area contributed by atoms with Crippen LogP contribution in [0, 0.1) is 0 Å². The summed E-state index contributed by atoms with van der Waals surface area (Å²) in [5.74, 6) is 0. The third-order valence-electron chi connectivity index (χ3n) is 2.85. The van der Waals surface area contributed by atoms with Gasteiger partial charge in [-0.2, -0.15) is 0 Å². The molecule has 1 aliphatic rings. The Kier molecular flexibility index (Phi) is 3.59. The van der Waals surface area contributed by atoms with E-state index in [2.05, 4.69) is 36.2 Å². The number of anilines is 2. The monoisotopic (exact) mass is 238 g/mol. The zero-order chi connectivity index (χ0) is 11.5. The molecule has 0 unspecified atom stereocenters. The first-order valence-electron chi connectivity index (χ1n) is 5.98. The standard InChI is InChI=1S/C13H19ClN2/c1-10(2)15-11-5-6-13(12(14)9-11)16-7-3-4-8-16/h5-6,9-10,15H,3-4,7-8H2,1-2H3. The van der Waals surface area contributed by atoms with Crippen molar-refractivity contribution in [1.82, 2.24) is 0 Å². The summed E-state index contributed by atoms with van der Waals surface area (Å²) in [6.45, 7) is 6.53. The van der Waals surface area contributed by atoms with E-state index < -0.39 is 0 Å². The van der Waals surface area contributed by atoms with Gasteiger partial charge in [-0.3, -0.25) is 0 Å². The molecule has 0 bridgehead atoms.